The van der Waals surface area contributed by atoms with E-state index in [-0.39, 0.29) is 0 Å². The first kappa shape index (κ1) is 4.29. The highest BCUT2D eigenvalue weighted by Crippen LogP contribution is 1.92. The average molecular weight is 199 g/mol. The van der Waals surface area contributed by atoms with Crippen molar-refractivity contribution in [1.82, 2.24) is 20.4 Å². The molecule has 76 valence electrons. The zero-order valence-electron chi connectivity index (χ0n) is 15.0. The monoisotopic (exact) mass is 199 g/mol. The lowest BCUT2D eigenvalue weighted by Gasteiger charge is -1.68. The van der Waals surface area contributed by atoms with Gasteiger partial charge in [0.2, 0.25) is 0 Å². The molecule has 0 bridgehead atoms. The first-order valence-corrected chi connectivity index (χ1v) is 3.97. The minimum absolute atomic E-state index is 0.441. The standard InChI is InChI=1S/2C5H8N2/c2*1-4-3-5(2)7-6-4/h2*3H,1-2H3,(H,6,7)/i1D3,2D3,3D;. The predicted octanol–water partition coefficient (Wildman–Crippen LogP) is 2.05. The Morgan fingerprint density at radius 3 is 2.14 bits per heavy atom. The Hall–Kier alpha value is -1.58. The fraction of sp³-hybridized carbons (Fsp3) is 0.400. The maximum atomic E-state index is 7.32. The van der Waals surface area contributed by atoms with Crippen LogP contribution < -0.4 is 0 Å². The molecule has 0 radical (unpaired) electrons. The third-order valence-electron chi connectivity index (χ3n) is 1.36. The molecular formula is C10H16N4. The van der Waals surface area contributed by atoms with Crippen LogP contribution >= 0.6 is 0 Å². The Morgan fingerprint density at radius 1 is 1.14 bits per heavy atom. The molecule has 2 heterocycles. The summed E-state index contributed by atoms with van der Waals surface area (Å²) in [5.41, 5.74) is 1.22. The molecule has 4 heteroatoms. The van der Waals surface area contributed by atoms with Gasteiger partial charge in [0.05, 0.1) is 12.8 Å². The van der Waals surface area contributed by atoms with E-state index in [2.05, 4.69) is 20.4 Å². The second-order valence-electron chi connectivity index (χ2n) is 2.76. The smallest absolute Gasteiger partial charge is 0.0662 e. The van der Waals surface area contributed by atoms with Gasteiger partial charge in [-0.3, -0.25) is 10.2 Å². The fourth-order valence-corrected chi connectivity index (χ4v) is 0.840. The SMILES string of the molecule is Cc1cc(C)[nH]n1.[2H]c1c(C([2H])([2H])[2H])n[nH]c1C([2H])([2H])[2H]. The molecule has 4 nitrogen and oxygen atoms in total. The van der Waals surface area contributed by atoms with E-state index in [1.807, 2.05) is 19.9 Å². The minimum atomic E-state index is -2.56. The van der Waals surface area contributed by atoms with Crippen LogP contribution in [-0.4, -0.2) is 20.4 Å². The number of nitrogens with one attached hydrogen (secondary N) is 2. The summed E-state index contributed by atoms with van der Waals surface area (Å²) >= 11 is 0. The molecule has 0 fully saturated rings. The number of hydrogen-bond acceptors (Lipinski definition) is 2. The van der Waals surface area contributed by atoms with E-state index in [9.17, 15) is 0 Å². The summed E-state index contributed by atoms with van der Waals surface area (Å²) in [5, 5.41) is 12.1. The molecule has 0 aliphatic carbocycles. The van der Waals surface area contributed by atoms with Gasteiger partial charge in [-0.05, 0) is 39.7 Å². The van der Waals surface area contributed by atoms with Crippen molar-refractivity contribution in [1.29, 1.82) is 0 Å². The fourth-order valence-electron chi connectivity index (χ4n) is 0.840. The lowest BCUT2D eigenvalue weighted by atomic mass is 10.4. The first-order chi connectivity index (χ1) is 9.43. The molecule has 2 N–H and O–H groups in total. The van der Waals surface area contributed by atoms with Crippen LogP contribution in [0.1, 0.15) is 32.4 Å². The van der Waals surface area contributed by atoms with Gasteiger partial charge in [0, 0.05) is 19.6 Å². The van der Waals surface area contributed by atoms with Crippen molar-refractivity contribution in [3.05, 3.63) is 34.9 Å². The number of hydrogen-bond donors (Lipinski definition) is 2. The lowest BCUT2D eigenvalue weighted by molar-refractivity contribution is 1.02. The van der Waals surface area contributed by atoms with Crippen LogP contribution in [-0.2, 0) is 0 Å². The summed E-state index contributed by atoms with van der Waals surface area (Å²) in [6.07, 6.45) is 0. The normalized spacial score (nSPS) is 18.6. The Morgan fingerprint density at radius 2 is 1.86 bits per heavy atom. The largest absolute Gasteiger partial charge is 0.283 e. The molecule has 0 aliphatic heterocycles. The molecule has 14 heavy (non-hydrogen) atoms. The number of aromatic amines is 2. The summed E-state index contributed by atoms with van der Waals surface area (Å²) in [4.78, 5) is 0. The number of H-pyrrole nitrogens is 2. The van der Waals surface area contributed by atoms with Crippen molar-refractivity contribution in [2.24, 2.45) is 0 Å². The van der Waals surface area contributed by atoms with Crippen LogP contribution in [0.2, 0.25) is 0 Å². The molecule has 0 aliphatic rings. The molecule has 0 saturated heterocycles. The van der Waals surface area contributed by atoms with Crippen molar-refractivity contribution >= 4 is 0 Å². The quantitative estimate of drug-likeness (QED) is 0.682. The van der Waals surface area contributed by atoms with Crippen LogP contribution in [0.15, 0.2) is 12.1 Å². The van der Waals surface area contributed by atoms with Crippen molar-refractivity contribution in [2.75, 3.05) is 0 Å². The molecule has 2 rings (SSSR count). The van der Waals surface area contributed by atoms with Gasteiger partial charge in [0.1, 0.15) is 0 Å². The molecule has 2 aromatic heterocycles. The zero-order chi connectivity index (χ0) is 16.4. The van der Waals surface area contributed by atoms with Gasteiger partial charge in [0.25, 0.3) is 0 Å². The van der Waals surface area contributed by atoms with Gasteiger partial charge in [-0.2, -0.15) is 10.2 Å². The lowest BCUT2D eigenvalue weighted by Crippen LogP contribution is -1.68. The third kappa shape index (κ3) is 3.43. The van der Waals surface area contributed by atoms with Crippen LogP contribution in [0.3, 0.4) is 0 Å². The molecule has 2 aromatic rings. The van der Waals surface area contributed by atoms with Crippen molar-refractivity contribution in [2.45, 2.75) is 27.6 Å². The third-order valence-corrected chi connectivity index (χ3v) is 1.36. The van der Waals surface area contributed by atoms with E-state index in [1.165, 1.54) is 0 Å². The predicted molar refractivity (Wildman–Crippen MR) is 56.1 cm³/mol. The molecule has 0 saturated carbocycles. The number of rotatable bonds is 0. The Bertz CT molecular complexity index is 545. The first-order valence-electron chi connectivity index (χ1n) is 7.47. The summed E-state index contributed by atoms with van der Waals surface area (Å²) < 4.78 is 49.2. The topological polar surface area (TPSA) is 57.4 Å². The second-order valence-corrected chi connectivity index (χ2v) is 2.76. The maximum Gasteiger partial charge on any atom is 0.0662 e. The molecule has 0 aromatic carbocycles. The average Bonchev–Trinajstić information content (AvgIpc) is 2.83. The number of nitrogens with zero attached hydrogens (tertiary/aromatic N) is 2. The van der Waals surface area contributed by atoms with E-state index in [4.69, 9.17) is 9.60 Å². The summed E-state index contributed by atoms with van der Waals surface area (Å²) in [5.74, 6) is 0. The molecule has 0 unspecified atom stereocenters. The van der Waals surface area contributed by atoms with Gasteiger partial charge in [-0.25, -0.2) is 0 Å². The Labute approximate surface area is 93.6 Å². The van der Waals surface area contributed by atoms with E-state index in [0.717, 1.165) is 11.4 Å². The highest BCUT2D eigenvalue weighted by Gasteiger charge is 1.85. The van der Waals surface area contributed by atoms with Crippen LogP contribution in [0.25, 0.3) is 0 Å². The van der Waals surface area contributed by atoms with Crippen LogP contribution in [0.4, 0.5) is 0 Å². The molecule has 0 amide bonds. The van der Waals surface area contributed by atoms with Crippen molar-refractivity contribution < 1.29 is 9.60 Å². The van der Waals surface area contributed by atoms with Crippen LogP contribution in [0.5, 0.6) is 0 Å². The summed E-state index contributed by atoms with van der Waals surface area (Å²) in [6.45, 7) is -1.14. The minimum Gasteiger partial charge on any atom is -0.283 e. The van der Waals surface area contributed by atoms with Gasteiger partial charge < -0.3 is 0 Å². The number of aromatic nitrogens is 4. The van der Waals surface area contributed by atoms with Gasteiger partial charge >= 0.3 is 0 Å². The maximum absolute atomic E-state index is 7.32. The Kier molecular flexibility index (Phi) is 1.41. The van der Waals surface area contributed by atoms with Gasteiger partial charge in [-0.15, -0.1) is 0 Å². The van der Waals surface area contributed by atoms with Gasteiger partial charge in [-0.1, -0.05) is 0 Å². The summed E-state index contributed by atoms with van der Waals surface area (Å²) in [6, 6.07) is 1.44. The van der Waals surface area contributed by atoms with E-state index in [1.54, 1.807) is 0 Å². The van der Waals surface area contributed by atoms with Crippen molar-refractivity contribution in [3.8, 4) is 0 Å². The van der Waals surface area contributed by atoms with E-state index < -0.39 is 31.1 Å². The van der Waals surface area contributed by atoms with E-state index >= 15 is 0 Å². The zero-order valence-corrected chi connectivity index (χ0v) is 7.97. The van der Waals surface area contributed by atoms with Crippen LogP contribution in [0, 0.1) is 27.6 Å². The molecule has 0 atom stereocenters. The Balaban J connectivity index is 0.000000262. The van der Waals surface area contributed by atoms with Gasteiger partial charge in [0.15, 0.2) is 0 Å². The number of aryl methyl sites for hydroxylation is 4. The second kappa shape index (κ2) is 4.60. The molecule has 0 spiro atoms. The van der Waals surface area contributed by atoms with Crippen molar-refractivity contribution in [3.63, 3.8) is 0 Å². The molecular weight excluding hydrogens is 176 g/mol. The highest BCUT2D eigenvalue weighted by atomic mass is 15.1. The highest BCUT2D eigenvalue weighted by molar-refractivity contribution is 5.04. The summed E-state index contributed by atoms with van der Waals surface area (Å²) in [7, 11) is 0. The van der Waals surface area contributed by atoms with E-state index in [0.29, 0.717) is 0 Å².